The highest BCUT2D eigenvalue weighted by Gasteiger charge is 2.38. The van der Waals surface area contributed by atoms with Crippen LogP contribution < -0.4 is 14.5 Å². The van der Waals surface area contributed by atoms with Gasteiger partial charge in [-0.25, -0.2) is 0 Å². The molecule has 2 amide bonds. The average molecular weight is 463 g/mol. The summed E-state index contributed by atoms with van der Waals surface area (Å²) in [5, 5.41) is 0.616. The molecular formula is C27H27ClN2O3. The molecule has 1 heterocycles. The molecule has 3 aromatic carbocycles. The first-order valence-corrected chi connectivity index (χ1v) is 11.3. The lowest BCUT2D eigenvalue weighted by atomic mass is 9.88. The monoisotopic (exact) mass is 462 g/mol. The number of aryl methyl sites for hydroxylation is 1. The number of amides is 2. The molecule has 0 unspecified atom stereocenters. The van der Waals surface area contributed by atoms with Gasteiger partial charge in [-0.1, -0.05) is 35.4 Å². The molecule has 0 saturated carbocycles. The van der Waals surface area contributed by atoms with E-state index in [0.717, 1.165) is 22.5 Å². The van der Waals surface area contributed by atoms with Crippen molar-refractivity contribution in [2.45, 2.75) is 39.3 Å². The SMILES string of the molecule is COc1cccc(C(=O)N2c3ccc(C)cc3[C@@H](N(C(C)=O)c3ccc(Cl)cc3)C[C@H]2C)c1. The van der Waals surface area contributed by atoms with Crippen LogP contribution in [0.2, 0.25) is 5.02 Å². The van der Waals surface area contributed by atoms with E-state index in [2.05, 4.69) is 6.07 Å². The maximum atomic E-state index is 13.6. The van der Waals surface area contributed by atoms with Gasteiger partial charge in [-0.2, -0.15) is 0 Å². The van der Waals surface area contributed by atoms with E-state index in [4.69, 9.17) is 16.3 Å². The number of nitrogens with zero attached hydrogens (tertiary/aromatic N) is 2. The van der Waals surface area contributed by atoms with Crippen LogP contribution in [0.3, 0.4) is 0 Å². The summed E-state index contributed by atoms with van der Waals surface area (Å²) in [6.07, 6.45) is 0.606. The first-order chi connectivity index (χ1) is 15.8. The summed E-state index contributed by atoms with van der Waals surface area (Å²) in [6.45, 7) is 5.61. The third-order valence-corrected chi connectivity index (χ3v) is 6.35. The second kappa shape index (κ2) is 9.28. The smallest absolute Gasteiger partial charge is 0.258 e. The lowest BCUT2D eigenvalue weighted by Gasteiger charge is -2.43. The minimum absolute atomic E-state index is 0.0606. The number of rotatable bonds is 4. The number of carbonyl (C=O) groups excluding carboxylic acids is 2. The van der Waals surface area contributed by atoms with Crippen LogP contribution >= 0.6 is 11.6 Å². The van der Waals surface area contributed by atoms with Crippen LogP contribution in [0.4, 0.5) is 11.4 Å². The zero-order chi connectivity index (χ0) is 23.7. The van der Waals surface area contributed by atoms with E-state index in [1.807, 2.05) is 55.1 Å². The zero-order valence-corrected chi connectivity index (χ0v) is 20.0. The Kier molecular flexibility index (Phi) is 6.43. The number of ether oxygens (including phenoxy) is 1. The molecule has 0 radical (unpaired) electrons. The quantitative estimate of drug-likeness (QED) is 0.464. The van der Waals surface area contributed by atoms with Gasteiger partial charge in [0.1, 0.15) is 5.75 Å². The minimum atomic E-state index is -0.206. The molecule has 1 aliphatic rings. The minimum Gasteiger partial charge on any atom is -0.497 e. The van der Waals surface area contributed by atoms with E-state index in [1.54, 1.807) is 43.2 Å². The summed E-state index contributed by atoms with van der Waals surface area (Å²) in [4.78, 5) is 30.1. The molecule has 0 aromatic heterocycles. The number of fused-ring (bicyclic) bond motifs is 1. The molecule has 2 atom stereocenters. The predicted octanol–water partition coefficient (Wildman–Crippen LogP) is 6.19. The number of anilines is 2. The van der Waals surface area contributed by atoms with Gasteiger partial charge in [0.2, 0.25) is 5.91 Å². The van der Waals surface area contributed by atoms with Gasteiger partial charge in [-0.3, -0.25) is 9.59 Å². The molecule has 1 aliphatic heterocycles. The van der Waals surface area contributed by atoms with Crippen LogP contribution in [0.5, 0.6) is 5.75 Å². The maximum absolute atomic E-state index is 13.6. The molecule has 3 aromatic rings. The van der Waals surface area contributed by atoms with Crippen molar-refractivity contribution in [1.29, 1.82) is 0 Å². The average Bonchev–Trinajstić information content (AvgIpc) is 2.80. The predicted molar refractivity (Wildman–Crippen MR) is 132 cm³/mol. The molecule has 5 nitrogen and oxygen atoms in total. The van der Waals surface area contributed by atoms with Crippen LogP contribution in [0, 0.1) is 6.92 Å². The molecule has 33 heavy (non-hydrogen) atoms. The van der Waals surface area contributed by atoms with Crippen molar-refractivity contribution in [2.24, 2.45) is 0 Å². The molecule has 0 bridgehead atoms. The number of benzene rings is 3. The summed E-state index contributed by atoms with van der Waals surface area (Å²) in [7, 11) is 1.59. The highest BCUT2D eigenvalue weighted by molar-refractivity contribution is 6.30. The highest BCUT2D eigenvalue weighted by Crippen LogP contribution is 2.43. The van der Waals surface area contributed by atoms with Gasteiger partial charge in [-0.05, 0) is 74.4 Å². The number of methoxy groups -OCH3 is 1. The Morgan fingerprint density at radius 2 is 1.79 bits per heavy atom. The summed E-state index contributed by atoms with van der Waals surface area (Å²) >= 11 is 6.08. The fraction of sp³-hybridized carbons (Fsp3) is 0.259. The summed E-state index contributed by atoms with van der Waals surface area (Å²) in [5.41, 5.74) is 4.19. The van der Waals surface area contributed by atoms with Gasteiger partial charge in [0.15, 0.2) is 0 Å². The molecule has 0 N–H and O–H groups in total. The van der Waals surface area contributed by atoms with E-state index in [0.29, 0.717) is 22.8 Å². The van der Waals surface area contributed by atoms with E-state index < -0.39 is 0 Å². The van der Waals surface area contributed by atoms with Crippen LogP contribution in [0.15, 0.2) is 66.7 Å². The van der Waals surface area contributed by atoms with Crippen LogP contribution in [-0.2, 0) is 4.79 Å². The zero-order valence-electron chi connectivity index (χ0n) is 19.2. The van der Waals surface area contributed by atoms with E-state index in [9.17, 15) is 9.59 Å². The first kappa shape index (κ1) is 22.9. The molecule has 0 saturated heterocycles. The van der Waals surface area contributed by atoms with Crippen molar-refractivity contribution in [2.75, 3.05) is 16.9 Å². The van der Waals surface area contributed by atoms with Crippen LogP contribution in [0.25, 0.3) is 0 Å². The molecule has 4 rings (SSSR count). The normalized spacial score (nSPS) is 17.3. The van der Waals surface area contributed by atoms with Crippen molar-refractivity contribution in [1.82, 2.24) is 0 Å². The van der Waals surface area contributed by atoms with Gasteiger partial charge >= 0.3 is 0 Å². The van der Waals surface area contributed by atoms with Gasteiger partial charge < -0.3 is 14.5 Å². The number of halogens is 1. The number of hydrogen-bond donors (Lipinski definition) is 0. The van der Waals surface area contributed by atoms with Gasteiger partial charge in [0, 0.05) is 34.9 Å². The van der Waals surface area contributed by atoms with Crippen LogP contribution in [-0.4, -0.2) is 25.0 Å². The summed E-state index contributed by atoms with van der Waals surface area (Å²) in [5.74, 6) is 0.485. The van der Waals surface area contributed by atoms with Crippen LogP contribution in [0.1, 0.15) is 47.8 Å². The Morgan fingerprint density at radius 3 is 2.45 bits per heavy atom. The van der Waals surface area contributed by atoms with Crippen molar-refractivity contribution >= 4 is 34.8 Å². The van der Waals surface area contributed by atoms with Crippen molar-refractivity contribution in [3.63, 3.8) is 0 Å². The second-order valence-corrected chi connectivity index (χ2v) is 8.87. The van der Waals surface area contributed by atoms with E-state index in [-0.39, 0.29) is 23.9 Å². The topological polar surface area (TPSA) is 49.9 Å². The molecule has 0 fully saturated rings. The summed E-state index contributed by atoms with van der Waals surface area (Å²) < 4.78 is 5.31. The fourth-order valence-corrected chi connectivity index (χ4v) is 4.71. The standard InChI is InChI=1S/C27H27ClN2O3/c1-17-8-13-25-24(14-17)26(30(19(3)31)22-11-9-21(28)10-12-22)15-18(2)29(25)27(32)20-6-5-7-23(16-20)33-4/h5-14,16,18,26H,15H2,1-4H3/t18-,26+/m1/s1. The van der Waals surface area contributed by atoms with Crippen molar-refractivity contribution in [3.8, 4) is 5.75 Å². The Hall–Kier alpha value is -3.31. The van der Waals surface area contributed by atoms with Crippen molar-refractivity contribution in [3.05, 3.63) is 88.4 Å². The Bertz CT molecular complexity index is 1190. The lowest BCUT2D eigenvalue weighted by Crippen LogP contribution is -2.47. The van der Waals surface area contributed by atoms with Gasteiger partial charge in [0.25, 0.3) is 5.91 Å². The molecule has 0 aliphatic carbocycles. The third-order valence-electron chi connectivity index (χ3n) is 6.10. The molecule has 170 valence electrons. The Labute approximate surface area is 199 Å². The Morgan fingerprint density at radius 1 is 1.06 bits per heavy atom. The summed E-state index contributed by atoms with van der Waals surface area (Å²) in [6, 6.07) is 20.2. The first-order valence-electron chi connectivity index (χ1n) is 10.9. The van der Waals surface area contributed by atoms with Crippen molar-refractivity contribution < 1.29 is 14.3 Å². The number of carbonyl (C=O) groups is 2. The van der Waals surface area contributed by atoms with Gasteiger partial charge in [0.05, 0.1) is 13.2 Å². The van der Waals surface area contributed by atoms with E-state index in [1.165, 1.54) is 0 Å². The fourth-order valence-electron chi connectivity index (χ4n) is 4.59. The molecular weight excluding hydrogens is 436 g/mol. The lowest BCUT2D eigenvalue weighted by molar-refractivity contribution is -0.117. The second-order valence-electron chi connectivity index (χ2n) is 8.44. The highest BCUT2D eigenvalue weighted by atomic mass is 35.5. The molecule has 6 heteroatoms. The number of hydrogen-bond acceptors (Lipinski definition) is 3. The maximum Gasteiger partial charge on any atom is 0.258 e. The third kappa shape index (κ3) is 4.46. The van der Waals surface area contributed by atoms with Gasteiger partial charge in [-0.15, -0.1) is 0 Å². The van der Waals surface area contributed by atoms with E-state index >= 15 is 0 Å². The largest absolute Gasteiger partial charge is 0.497 e. The molecule has 0 spiro atoms. The Balaban J connectivity index is 1.80.